The fourth-order valence-corrected chi connectivity index (χ4v) is 1.92. The van der Waals surface area contributed by atoms with Gasteiger partial charge in [0.1, 0.15) is 5.75 Å². The Hall–Kier alpha value is -1.91. The van der Waals surface area contributed by atoms with Crippen LogP contribution in [0.5, 0.6) is 5.75 Å². The maximum atomic E-state index is 11.5. The van der Waals surface area contributed by atoms with Crippen molar-refractivity contribution in [3.63, 3.8) is 0 Å². The van der Waals surface area contributed by atoms with E-state index in [-0.39, 0.29) is 11.8 Å². The van der Waals surface area contributed by atoms with Crippen LogP contribution in [0.3, 0.4) is 0 Å². The van der Waals surface area contributed by atoms with Gasteiger partial charge in [-0.25, -0.2) is 0 Å². The van der Waals surface area contributed by atoms with Crippen molar-refractivity contribution in [1.29, 1.82) is 0 Å². The predicted octanol–water partition coefficient (Wildman–Crippen LogP) is 1.49. The maximum Gasteiger partial charge on any atom is 0.224 e. The molecule has 0 aliphatic heterocycles. The average molecular weight is 265 g/mol. The first-order valence-corrected chi connectivity index (χ1v) is 6.44. The Morgan fingerprint density at radius 3 is 2.74 bits per heavy atom. The molecule has 1 aromatic rings. The van der Waals surface area contributed by atoms with Gasteiger partial charge in [-0.1, -0.05) is 6.92 Å². The number of anilines is 2. The highest BCUT2D eigenvalue weighted by Crippen LogP contribution is 2.25. The molecule has 5 nitrogen and oxygen atoms in total. The summed E-state index contributed by atoms with van der Waals surface area (Å²) in [4.78, 5) is 13.5. The Morgan fingerprint density at radius 1 is 1.47 bits per heavy atom. The van der Waals surface area contributed by atoms with Crippen molar-refractivity contribution >= 4 is 17.3 Å². The summed E-state index contributed by atoms with van der Waals surface area (Å²) >= 11 is 0. The van der Waals surface area contributed by atoms with Crippen LogP contribution in [-0.2, 0) is 4.79 Å². The lowest BCUT2D eigenvalue weighted by molar-refractivity contribution is -0.123. The predicted molar refractivity (Wildman–Crippen MR) is 78.5 cm³/mol. The molecular formula is C14H23N3O2. The van der Waals surface area contributed by atoms with Gasteiger partial charge in [0.25, 0.3) is 0 Å². The summed E-state index contributed by atoms with van der Waals surface area (Å²) in [5, 5.41) is 2.65. The third kappa shape index (κ3) is 4.35. The second kappa shape index (κ2) is 6.87. The van der Waals surface area contributed by atoms with Gasteiger partial charge in [0, 0.05) is 44.1 Å². The molecule has 0 radical (unpaired) electrons. The van der Waals surface area contributed by atoms with E-state index in [0.717, 1.165) is 11.4 Å². The van der Waals surface area contributed by atoms with E-state index >= 15 is 0 Å². The Labute approximate surface area is 114 Å². The van der Waals surface area contributed by atoms with Gasteiger partial charge in [0.05, 0.1) is 12.5 Å². The molecule has 0 fully saturated rings. The molecule has 106 valence electrons. The van der Waals surface area contributed by atoms with Crippen LogP contribution < -0.4 is 20.7 Å². The van der Waals surface area contributed by atoms with Crippen molar-refractivity contribution < 1.29 is 9.53 Å². The van der Waals surface area contributed by atoms with E-state index < -0.39 is 0 Å². The standard InChI is InChI=1S/C14H23N3O2/c1-5-19-13-7-11(15)6-12(8-13)17(4)9-10(2)14(18)16-3/h6-8,10H,5,9,15H2,1-4H3,(H,16,18). The van der Waals surface area contributed by atoms with Gasteiger partial charge in [0.15, 0.2) is 0 Å². The molecule has 1 atom stereocenters. The summed E-state index contributed by atoms with van der Waals surface area (Å²) in [6, 6.07) is 5.60. The molecule has 0 aliphatic rings. The fraction of sp³-hybridized carbons (Fsp3) is 0.500. The molecule has 1 amide bonds. The first kappa shape index (κ1) is 15.1. The highest BCUT2D eigenvalue weighted by Gasteiger charge is 2.14. The zero-order valence-electron chi connectivity index (χ0n) is 12.1. The minimum Gasteiger partial charge on any atom is -0.494 e. The van der Waals surface area contributed by atoms with Crippen molar-refractivity contribution in [2.24, 2.45) is 5.92 Å². The summed E-state index contributed by atoms with van der Waals surface area (Å²) in [7, 11) is 3.58. The van der Waals surface area contributed by atoms with Gasteiger partial charge < -0.3 is 20.7 Å². The number of hydrogen-bond donors (Lipinski definition) is 2. The minimum absolute atomic E-state index is 0.0285. The average Bonchev–Trinajstić information content (AvgIpc) is 2.37. The zero-order chi connectivity index (χ0) is 14.4. The van der Waals surface area contributed by atoms with Crippen LogP contribution in [0.1, 0.15) is 13.8 Å². The summed E-state index contributed by atoms with van der Waals surface area (Å²) in [5.74, 6) is 0.685. The molecule has 0 spiro atoms. The lowest BCUT2D eigenvalue weighted by Crippen LogP contribution is -2.34. The van der Waals surface area contributed by atoms with Crippen LogP contribution in [0, 0.1) is 5.92 Å². The van der Waals surface area contributed by atoms with E-state index in [2.05, 4.69) is 5.32 Å². The summed E-state index contributed by atoms with van der Waals surface area (Å²) in [5.41, 5.74) is 7.46. The van der Waals surface area contributed by atoms with E-state index in [1.165, 1.54) is 0 Å². The summed E-state index contributed by atoms with van der Waals surface area (Å²) < 4.78 is 5.47. The largest absolute Gasteiger partial charge is 0.494 e. The summed E-state index contributed by atoms with van der Waals surface area (Å²) in [6.07, 6.45) is 0. The number of nitrogens with one attached hydrogen (secondary N) is 1. The number of amides is 1. The number of benzene rings is 1. The van der Waals surface area contributed by atoms with Gasteiger partial charge in [0.2, 0.25) is 5.91 Å². The molecular weight excluding hydrogens is 242 g/mol. The number of ether oxygens (including phenoxy) is 1. The Balaban J connectivity index is 2.81. The lowest BCUT2D eigenvalue weighted by Gasteiger charge is -2.23. The molecule has 0 saturated heterocycles. The summed E-state index contributed by atoms with van der Waals surface area (Å²) in [6.45, 7) is 5.04. The quantitative estimate of drug-likeness (QED) is 0.765. The number of nitrogen functional groups attached to an aromatic ring is 1. The zero-order valence-corrected chi connectivity index (χ0v) is 12.1. The normalized spacial score (nSPS) is 11.8. The van der Waals surface area contributed by atoms with Crippen LogP contribution in [0.2, 0.25) is 0 Å². The van der Waals surface area contributed by atoms with E-state index in [1.54, 1.807) is 13.1 Å². The van der Waals surface area contributed by atoms with Crippen LogP contribution in [0.4, 0.5) is 11.4 Å². The molecule has 0 bridgehead atoms. The molecule has 0 heterocycles. The van der Waals surface area contributed by atoms with Crippen molar-refractivity contribution in [3.8, 4) is 5.75 Å². The lowest BCUT2D eigenvalue weighted by atomic mass is 10.1. The number of rotatable bonds is 6. The van der Waals surface area contributed by atoms with Crippen molar-refractivity contribution in [2.45, 2.75) is 13.8 Å². The Morgan fingerprint density at radius 2 is 2.16 bits per heavy atom. The van der Waals surface area contributed by atoms with Gasteiger partial charge in [-0.15, -0.1) is 0 Å². The molecule has 1 aromatic carbocycles. The fourth-order valence-electron chi connectivity index (χ4n) is 1.92. The Bertz CT molecular complexity index is 435. The first-order chi connectivity index (χ1) is 8.97. The van der Waals surface area contributed by atoms with E-state index in [0.29, 0.717) is 18.8 Å². The van der Waals surface area contributed by atoms with Gasteiger partial charge in [-0.05, 0) is 13.0 Å². The second-order valence-corrected chi connectivity index (χ2v) is 4.59. The molecule has 3 N–H and O–H groups in total. The SMILES string of the molecule is CCOc1cc(N)cc(N(C)CC(C)C(=O)NC)c1. The van der Waals surface area contributed by atoms with Crippen LogP contribution in [0.15, 0.2) is 18.2 Å². The van der Waals surface area contributed by atoms with E-state index in [1.807, 2.05) is 37.9 Å². The van der Waals surface area contributed by atoms with Gasteiger partial charge >= 0.3 is 0 Å². The number of nitrogens with two attached hydrogens (primary N) is 1. The van der Waals surface area contributed by atoms with Crippen molar-refractivity contribution in [2.75, 3.05) is 37.9 Å². The number of carbonyl (C=O) groups is 1. The van der Waals surface area contributed by atoms with Crippen LogP contribution >= 0.6 is 0 Å². The minimum atomic E-state index is -0.0908. The number of carbonyl (C=O) groups excluding carboxylic acids is 1. The van der Waals surface area contributed by atoms with Crippen LogP contribution in [-0.4, -0.2) is 33.2 Å². The highest BCUT2D eigenvalue weighted by molar-refractivity contribution is 5.78. The molecule has 1 unspecified atom stereocenters. The molecule has 0 aromatic heterocycles. The number of nitrogens with zero attached hydrogens (tertiary/aromatic N) is 1. The van der Waals surface area contributed by atoms with Crippen LogP contribution in [0.25, 0.3) is 0 Å². The third-order valence-electron chi connectivity index (χ3n) is 2.91. The monoisotopic (exact) mass is 265 g/mol. The molecule has 0 aliphatic carbocycles. The van der Waals surface area contributed by atoms with Crippen molar-refractivity contribution in [3.05, 3.63) is 18.2 Å². The Kier molecular flexibility index (Phi) is 5.48. The topological polar surface area (TPSA) is 67.6 Å². The third-order valence-corrected chi connectivity index (χ3v) is 2.91. The van der Waals surface area contributed by atoms with Gasteiger partial charge in [-0.3, -0.25) is 4.79 Å². The molecule has 5 heteroatoms. The maximum absolute atomic E-state index is 11.5. The van der Waals surface area contributed by atoms with Gasteiger partial charge in [-0.2, -0.15) is 0 Å². The first-order valence-electron chi connectivity index (χ1n) is 6.44. The highest BCUT2D eigenvalue weighted by atomic mass is 16.5. The molecule has 1 rings (SSSR count). The van der Waals surface area contributed by atoms with E-state index in [9.17, 15) is 4.79 Å². The number of hydrogen-bond acceptors (Lipinski definition) is 4. The van der Waals surface area contributed by atoms with E-state index in [4.69, 9.17) is 10.5 Å². The second-order valence-electron chi connectivity index (χ2n) is 4.59. The molecule has 0 saturated carbocycles. The smallest absolute Gasteiger partial charge is 0.224 e. The molecule has 19 heavy (non-hydrogen) atoms. The van der Waals surface area contributed by atoms with Crippen molar-refractivity contribution in [1.82, 2.24) is 5.32 Å².